The largest absolute Gasteiger partial charge is 0.357 e. The van der Waals surface area contributed by atoms with Crippen molar-refractivity contribution in [1.29, 1.82) is 0 Å². The van der Waals surface area contributed by atoms with Gasteiger partial charge < -0.3 is 20.1 Å². The van der Waals surface area contributed by atoms with Crippen LogP contribution in [0.2, 0.25) is 0 Å². The van der Waals surface area contributed by atoms with Crippen LogP contribution < -0.4 is 10.6 Å². The summed E-state index contributed by atoms with van der Waals surface area (Å²) >= 11 is 0. The van der Waals surface area contributed by atoms with Crippen LogP contribution in [0, 0.1) is 0 Å². The van der Waals surface area contributed by atoms with Crippen molar-refractivity contribution in [2.45, 2.75) is 52.1 Å². The van der Waals surface area contributed by atoms with Crippen LogP contribution in [0.4, 0.5) is 0 Å². The van der Waals surface area contributed by atoms with Gasteiger partial charge >= 0.3 is 0 Å². The number of aromatic nitrogens is 2. The average Bonchev–Trinajstić information content (AvgIpc) is 3.01. The minimum atomic E-state index is 0. The summed E-state index contributed by atoms with van der Waals surface area (Å²) in [5.41, 5.74) is 1.27. The second kappa shape index (κ2) is 14.4. The third kappa shape index (κ3) is 8.63. The molecule has 2 N–H and O–H groups in total. The van der Waals surface area contributed by atoms with E-state index in [0.717, 1.165) is 37.8 Å². The minimum Gasteiger partial charge on any atom is -0.357 e. The molecule has 0 spiro atoms. The predicted octanol–water partition coefficient (Wildman–Crippen LogP) is 3.87. The summed E-state index contributed by atoms with van der Waals surface area (Å²) in [5.74, 6) is 1.85. The maximum atomic E-state index is 4.76. The van der Waals surface area contributed by atoms with Gasteiger partial charge in [0.15, 0.2) is 5.96 Å². The normalized spacial score (nSPS) is 15.3. The Morgan fingerprint density at radius 3 is 2.57 bits per heavy atom. The molecular weight excluding hydrogens is 487 g/mol. The van der Waals surface area contributed by atoms with E-state index < -0.39 is 0 Å². The molecule has 1 saturated heterocycles. The van der Waals surface area contributed by atoms with E-state index in [-0.39, 0.29) is 24.0 Å². The first-order valence-corrected chi connectivity index (χ1v) is 11.1. The standard InChI is InChI=1S/C23H36N6.HI/c1-2-24-23(26-13-10-17-28-15-8-3-4-9-16-28)27-19-22-25-14-18-29(22)20-21-11-6-5-7-12-21;/h5-7,11-12,14,18H,2-4,8-10,13,15-17,19-20H2,1H3,(H2,24,26,27);1H. The summed E-state index contributed by atoms with van der Waals surface area (Å²) in [6, 6.07) is 10.5. The Labute approximate surface area is 198 Å². The van der Waals surface area contributed by atoms with Gasteiger partial charge in [-0.1, -0.05) is 43.2 Å². The van der Waals surface area contributed by atoms with E-state index >= 15 is 0 Å². The topological polar surface area (TPSA) is 57.5 Å². The highest BCUT2D eigenvalue weighted by atomic mass is 127. The van der Waals surface area contributed by atoms with Gasteiger partial charge in [-0.05, 0) is 51.4 Å². The molecule has 0 unspecified atom stereocenters. The summed E-state index contributed by atoms with van der Waals surface area (Å²) in [7, 11) is 0. The number of hydrogen-bond donors (Lipinski definition) is 2. The lowest BCUT2D eigenvalue weighted by molar-refractivity contribution is 0.282. The van der Waals surface area contributed by atoms with E-state index in [4.69, 9.17) is 4.99 Å². The Hall–Kier alpha value is -1.61. The highest BCUT2D eigenvalue weighted by Crippen LogP contribution is 2.09. The Balaban J connectivity index is 0.00000320. The Morgan fingerprint density at radius 2 is 1.83 bits per heavy atom. The monoisotopic (exact) mass is 524 g/mol. The van der Waals surface area contributed by atoms with E-state index in [9.17, 15) is 0 Å². The Morgan fingerprint density at radius 1 is 1.07 bits per heavy atom. The van der Waals surface area contributed by atoms with Crippen LogP contribution in [-0.2, 0) is 13.1 Å². The second-order valence-corrected chi connectivity index (χ2v) is 7.69. The quantitative estimate of drug-likeness (QED) is 0.226. The molecule has 166 valence electrons. The summed E-state index contributed by atoms with van der Waals surface area (Å²) in [6.07, 6.45) is 10.5. The molecular formula is C23H37IN6. The number of halogens is 1. The first-order chi connectivity index (χ1) is 14.3. The van der Waals surface area contributed by atoms with Crippen molar-refractivity contribution in [3.05, 3.63) is 54.1 Å². The molecule has 7 heteroatoms. The molecule has 0 amide bonds. The summed E-state index contributed by atoms with van der Waals surface area (Å²) in [4.78, 5) is 11.9. The van der Waals surface area contributed by atoms with E-state index in [1.54, 1.807) is 0 Å². The molecule has 1 aliphatic heterocycles. The molecule has 2 aromatic rings. The van der Waals surface area contributed by atoms with Gasteiger partial charge in [-0.3, -0.25) is 0 Å². The summed E-state index contributed by atoms with van der Waals surface area (Å²) in [5, 5.41) is 6.83. The zero-order valence-electron chi connectivity index (χ0n) is 18.2. The number of hydrogen-bond acceptors (Lipinski definition) is 3. The van der Waals surface area contributed by atoms with Crippen molar-refractivity contribution >= 4 is 29.9 Å². The molecule has 2 heterocycles. The summed E-state index contributed by atoms with van der Waals surface area (Å²) in [6.45, 7) is 9.00. The molecule has 6 nitrogen and oxygen atoms in total. The van der Waals surface area contributed by atoms with Gasteiger partial charge in [0.25, 0.3) is 0 Å². The van der Waals surface area contributed by atoms with Crippen molar-refractivity contribution < 1.29 is 0 Å². The third-order valence-electron chi connectivity index (χ3n) is 5.36. The molecule has 0 aliphatic carbocycles. The van der Waals surface area contributed by atoms with Crippen LogP contribution in [0.1, 0.15) is 50.4 Å². The van der Waals surface area contributed by atoms with Gasteiger partial charge in [0.1, 0.15) is 12.4 Å². The van der Waals surface area contributed by atoms with Crippen LogP contribution in [0.15, 0.2) is 47.7 Å². The van der Waals surface area contributed by atoms with Gasteiger partial charge in [0.05, 0.1) is 0 Å². The fourth-order valence-corrected chi connectivity index (χ4v) is 3.78. The van der Waals surface area contributed by atoms with Gasteiger partial charge in [-0.25, -0.2) is 9.98 Å². The van der Waals surface area contributed by atoms with E-state index in [1.807, 2.05) is 18.5 Å². The van der Waals surface area contributed by atoms with Crippen molar-refractivity contribution in [3.8, 4) is 0 Å². The molecule has 1 aromatic heterocycles. The molecule has 0 atom stereocenters. The number of benzene rings is 1. The van der Waals surface area contributed by atoms with Crippen LogP contribution in [-0.4, -0.2) is 53.1 Å². The van der Waals surface area contributed by atoms with Crippen molar-refractivity contribution in [1.82, 2.24) is 25.1 Å². The smallest absolute Gasteiger partial charge is 0.191 e. The van der Waals surface area contributed by atoms with Crippen LogP contribution in [0.5, 0.6) is 0 Å². The first-order valence-electron chi connectivity index (χ1n) is 11.1. The third-order valence-corrected chi connectivity index (χ3v) is 5.36. The number of imidazole rings is 1. The highest BCUT2D eigenvalue weighted by Gasteiger charge is 2.08. The van der Waals surface area contributed by atoms with Crippen molar-refractivity contribution in [2.24, 2.45) is 4.99 Å². The lowest BCUT2D eigenvalue weighted by Crippen LogP contribution is -2.39. The number of nitrogens with one attached hydrogen (secondary N) is 2. The van der Waals surface area contributed by atoms with Crippen LogP contribution in [0.3, 0.4) is 0 Å². The van der Waals surface area contributed by atoms with Crippen molar-refractivity contribution in [3.63, 3.8) is 0 Å². The number of aliphatic imine (C=N–C) groups is 1. The molecule has 0 bridgehead atoms. The van der Waals surface area contributed by atoms with Gasteiger partial charge in [0, 0.05) is 32.0 Å². The lowest BCUT2D eigenvalue weighted by atomic mass is 10.2. The average molecular weight is 524 g/mol. The summed E-state index contributed by atoms with van der Waals surface area (Å²) < 4.78 is 2.17. The SMILES string of the molecule is CCNC(=NCc1nccn1Cc1ccccc1)NCCCN1CCCCCC1.I. The van der Waals surface area contributed by atoms with Gasteiger partial charge in [-0.15, -0.1) is 24.0 Å². The van der Waals surface area contributed by atoms with Gasteiger partial charge in [0.2, 0.25) is 0 Å². The zero-order chi connectivity index (χ0) is 20.2. The van der Waals surface area contributed by atoms with E-state index in [1.165, 1.54) is 50.9 Å². The van der Waals surface area contributed by atoms with Gasteiger partial charge in [-0.2, -0.15) is 0 Å². The molecule has 1 aromatic carbocycles. The number of rotatable bonds is 9. The Bertz CT molecular complexity index is 722. The zero-order valence-corrected chi connectivity index (χ0v) is 20.6. The number of guanidine groups is 1. The molecule has 3 rings (SSSR count). The molecule has 1 fully saturated rings. The fraction of sp³-hybridized carbons (Fsp3) is 0.565. The molecule has 30 heavy (non-hydrogen) atoms. The van der Waals surface area contributed by atoms with Crippen molar-refractivity contribution in [2.75, 3.05) is 32.7 Å². The Kier molecular flexibility index (Phi) is 11.8. The highest BCUT2D eigenvalue weighted by molar-refractivity contribution is 14.0. The van der Waals surface area contributed by atoms with E-state index in [0.29, 0.717) is 6.54 Å². The van der Waals surface area contributed by atoms with Crippen LogP contribution in [0.25, 0.3) is 0 Å². The molecule has 1 aliphatic rings. The second-order valence-electron chi connectivity index (χ2n) is 7.69. The molecule has 0 saturated carbocycles. The predicted molar refractivity (Wildman–Crippen MR) is 136 cm³/mol. The number of likely N-dealkylation sites (tertiary alicyclic amines) is 1. The lowest BCUT2D eigenvalue weighted by Gasteiger charge is -2.20. The first kappa shape index (κ1) is 24.7. The molecule has 0 radical (unpaired) electrons. The minimum absolute atomic E-state index is 0. The van der Waals surface area contributed by atoms with Crippen LogP contribution >= 0.6 is 24.0 Å². The fourth-order valence-electron chi connectivity index (χ4n) is 3.78. The maximum absolute atomic E-state index is 4.76. The maximum Gasteiger partial charge on any atom is 0.191 e. The number of nitrogens with zero attached hydrogens (tertiary/aromatic N) is 4. The van der Waals surface area contributed by atoms with E-state index in [2.05, 4.69) is 56.3 Å².